The highest BCUT2D eigenvalue weighted by Crippen LogP contribution is 2.24. The van der Waals surface area contributed by atoms with Crippen LogP contribution in [0, 0.1) is 15.5 Å². The van der Waals surface area contributed by atoms with Crippen LogP contribution in [-0.2, 0) is 4.79 Å². The van der Waals surface area contributed by atoms with Gasteiger partial charge in [-0.2, -0.15) is 0 Å². The number of carbonyl (C=O) groups is 2. The molecule has 1 aromatic rings. The van der Waals surface area contributed by atoms with Crippen LogP contribution in [0.3, 0.4) is 0 Å². The fourth-order valence-electron chi connectivity index (χ4n) is 1.38. The van der Waals surface area contributed by atoms with Crippen molar-refractivity contribution in [3.05, 3.63) is 33.9 Å². The van der Waals surface area contributed by atoms with E-state index in [-0.39, 0.29) is 6.54 Å². The number of nitrogens with two attached hydrogens (primary N) is 1. The molecule has 0 aromatic heterocycles. The Morgan fingerprint density at radius 2 is 2.05 bits per heavy atom. The van der Waals surface area contributed by atoms with Gasteiger partial charge in [0.25, 0.3) is 5.69 Å². The number of nitro groups is 1. The summed E-state index contributed by atoms with van der Waals surface area (Å²) < 4.78 is 0. The highest BCUT2D eigenvalue weighted by molar-refractivity contribution is 5.93. The third-order valence-electron chi connectivity index (χ3n) is 2.83. The first-order valence-electron chi connectivity index (χ1n) is 5.70. The Balaban J connectivity index is 2.99. The predicted molar refractivity (Wildman–Crippen MR) is 71.5 cm³/mol. The molecule has 20 heavy (non-hydrogen) atoms. The Kier molecular flexibility index (Phi) is 4.28. The largest absolute Gasteiger partial charge is 0.477 e. The van der Waals surface area contributed by atoms with E-state index in [0.29, 0.717) is 5.69 Å². The molecule has 8 nitrogen and oxygen atoms in total. The van der Waals surface area contributed by atoms with E-state index in [0.717, 1.165) is 12.1 Å². The van der Waals surface area contributed by atoms with Crippen molar-refractivity contribution < 1.29 is 19.6 Å². The molecule has 108 valence electrons. The minimum Gasteiger partial charge on any atom is -0.477 e. The molecule has 0 radical (unpaired) electrons. The normalized spacial score (nSPS) is 10.9. The Labute approximate surface area is 114 Å². The first-order valence-corrected chi connectivity index (χ1v) is 5.70. The predicted octanol–water partition coefficient (Wildman–Crippen LogP) is 1.22. The summed E-state index contributed by atoms with van der Waals surface area (Å²) in [5, 5.41) is 22.5. The number of carboxylic acids is 1. The highest BCUT2D eigenvalue weighted by Gasteiger charge is 2.25. The van der Waals surface area contributed by atoms with Gasteiger partial charge in [-0.15, -0.1) is 0 Å². The molecule has 1 aromatic carbocycles. The number of nitrogens with zero attached hydrogens (tertiary/aromatic N) is 1. The number of hydrogen-bond acceptors (Lipinski definition) is 5. The number of carbonyl (C=O) groups excluding carboxylic acids is 1. The van der Waals surface area contributed by atoms with E-state index in [1.807, 2.05) is 0 Å². The number of primary amides is 1. The van der Waals surface area contributed by atoms with E-state index < -0.39 is 33.5 Å². The second-order valence-corrected chi connectivity index (χ2v) is 4.90. The van der Waals surface area contributed by atoms with E-state index in [4.69, 9.17) is 10.8 Å². The number of nitrogens with one attached hydrogen (secondary N) is 1. The van der Waals surface area contributed by atoms with Crippen LogP contribution in [0.25, 0.3) is 0 Å². The van der Waals surface area contributed by atoms with Crippen molar-refractivity contribution in [1.82, 2.24) is 0 Å². The maximum Gasteiger partial charge on any atom is 0.342 e. The average Bonchev–Trinajstić information content (AvgIpc) is 2.35. The third-order valence-corrected chi connectivity index (χ3v) is 2.83. The molecular weight excluding hydrogens is 266 g/mol. The number of amides is 1. The molecule has 0 atom stereocenters. The summed E-state index contributed by atoms with van der Waals surface area (Å²) in [5.74, 6) is -1.89. The van der Waals surface area contributed by atoms with Crippen LogP contribution in [0.4, 0.5) is 11.4 Å². The topological polar surface area (TPSA) is 136 Å². The van der Waals surface area contributed by atoms with E-state index in [2.05, 4.69) is 5.32 Å². The Morgan fingerprint density at radius 1 is 1.45 bits per heavy atom. The molecule has 0 aliphatic rings. The van der Waals surface area contributed by atoms with Gasteiger partial charge in [-0.25, -0.2) is 4.79 Å². The van der Waals surface area contributed by atoms with Crippen LogP contribution >= 0.6 is 0 Å². The smallest absolute Gasteiger partial charge is 0.342 e. The lowest BCUT2D eigenvalue weighted by atomic mass is 9.92. The van der Waals surface area contributed by atoms with Crippen molar-refractivity contribution in [2.75, 3.05) is 11.9 Å². The molecule has 0 fully saturated rings. The van der Waals surface area contributed by atoms with Crippen LogP contribution in [0.5, 0.6) is 0 Å². The van der Waals surface area contributed by atoms with E-state index >= 15 is 0 Å². The lowest BCUT2D eigenvalue weighted by molar-refractivity contribution is -0.385. The van der Waals surface area contributed by atoms with Crippen LogP contribution < -0.4 is 11.1 Å². The second-order valence-electron chi connectivity index (χ2n) is 4.90. The van der Waals surface area contributed by atoms with Gasteiger partial charge in [-0.3, -0.25) is 14.9 Å². The Hall–Kier alpha value is -2.64. The number of nitro benzene ring substituents is 1. The SMILES string of the molecule is CC(C)(CNc1ccc(C(=O)O)c([N+](=O)[O-])c1)C(N)=O. The Morgan fingerprint density at radius 3 is 2.50 bits per heavy atom. The standard InChI is InChI=1S/C12H15N3O5/c1-12(2,11(13)18)6-14-7-3-4-8(10(16)17)9(5-7)15(19)20/h3-5,14H,6H2,1-2H3,(H2,13,18)(H,16,17). The molecule has 8 heteroatoms. The van der Waals surface area contributed by atoms with Gasteiger partial charge in [0.05, 0.1) is 10.3 Å². The van der Waals surface area contributed by atoms with E-state index in [9.17, 15) is 19.7 Å². The van der Waals surface area contributed by atoms with Crippen molar-refractivity contribution in [3.63, 3.8) is 0 Å². The fraction of sp³-hybridized carbons (Fsp3) is 0.333. The third kappa shape index (κ3) is 3.44. The van der Waals surface area contributed by atoms with Gasteiger partial charge in [0.15, 0.2) is 0 Å². The number of aromatic carboxylic acids is 1. The molecule has 1 rings (SSSR count). The molecule has 0 unspecified atom stereocenters. The maximum absolute atomic E-state index is 11.2. The van der Waals surface area contributed by atoms with Gasteiger partial charge in [0, 0.05) is 18.3 Å². The molecule has 0 spiro atoms. The summed E-state index contributed by atoms with van der Waals surface area (Å²) in [6.07, 6.45) is 0. The van der Waals surface area contributed by atoms with Crippen molar-refractivity contribution in [1.29, 1.82) is 0 Å². The lowest BCUT2D eigenvalue weighted by Crippen LogP contribution is -2.37. The quantitative estimate of drug-likeness (QED) is 0.529. The average molecular weight is 281 g/mol. The molecule has 0 aliphatic heterocycles. The molecule has 0 saturated heterocycles. The number of carboxylic acid groups (broad SMARTS) is 1. The van der Waals surface area contributed by atoms with Crippen molar-refractivity contribution in [2.24, 2.45) is 11.1 Å². The summed E-state index contributed by atoms with van der Waals surface area (Å²) in [4.78, 5) is 32.1. The second kappa shape index (κ2) is 5.55. The van der Waals surface area contributed by atoms with Gasteiger partial charge in [0.2, 0.25) is 5.91 Å². The van der Waals surface area contributed by atoms with Crippen LogP contribution in [0.1, 0.15) is 24.2 Å². The number of hydrogen-bond donors (Lipinski definition) is 3. The van der Waals surface area contributed by atoms with Gasteiger partial charge in [0.1, 0.15) is 5.56 Å². The molecule has 0 bridgehead atoms. The van der Waals surface area contributed by atoms with Gasteiger partial charge in [-0.1, -0.05) is 0 Å². The molecular formula is C12H15N3O5. The zero-order chi connectivity index (χ0) is 15.5. The minimum atomic E-state index is -1.37. The minimum absolute atomic E-state index is 0.173. The van der Waals surface area contributed by atoms with Crippen LogP contribution in [0.15, 0.2) is 18.2 Å². The molecule has 4 N–H and O–H groups in total. The number of benzene rings is 1. The van der Waals surface area contributed by atoms with Crippen LogP contribution in [0.2, 0.25) is 0 Å². The summed E-state index contributed by atoms with van der Waals surface area (Å²) in [6, 6.07) is 3.65. The summed E-state index contributed by atoms with van der Waals surface area (Å²) >= 11 is 0. The molecule has 1 amide bonds. The zero-order valence-corrected chi connectivity index (χ0v) is 11.0. The van der Waals surface area contributed by atoms with E-state index in [1.54, 1.807) is 13.8 Å². The first-order chi connectivity index (χ1) is 9.15. The summed E-state index contributed by atoms with van der Waals surface area (Å²) in [6.45, 7) is 3.43. The van der Waals surface area contributed by atoms with Gasteiger partial charge >= 0.3 is 5.97 Å². The molecule has 0 heterocycles. The van der Waals surface area contributed by atoms with E-state index in [1.165, 1.54) is 6.07 Å². The monoisotopic (exact) mass is 281 g/mol. The summed E-state index contributed by atoms with van der Waals surface area (Å²) in [7, 11) is 0. The van der Waals surface area contributed by atoms with Crippen molar-refractivity contribution >= 4 is 23.3 Å². The first kappa shape index (κ1) is 15.4. The van der Waals surface area contributed by atoms with Gasteiger partial charge in [-0.05, 0) is 26.0 Å². The van der Waals surface area contributed by atoms with Crippen molar-refractivity contribution in [3.8, 4) is 0 Å². The molecule has 0 aliphatic carbocycles. The van der Waals surface area contributed by atoms with Gasteiger partial charge < -0.3 is 16.2 Å². The maximum atomic E-state index is 11.2. The van der Waals surface area contributed by atoms with Crippen molar-refractivity contribution in [2.45, 2.75) is 13.8 Å². The number of anilines is 1. The lowest BCUT2D eigenvalue weighted by Gasteiger charge is -2.21. The van der Waals surface area contributed by atoms with Crippen LogP contribution in [-0.4, -0.2) is 28.5 Å². The fourth-order valence-corrected chi connectivity index (χ4v) is 1.38. The number of rotatable bonds is 6. The highest BCUT2D eigenvalue weighted by atomic mass is 16.6. The zero-order valence-electron chi connectivity index (χ0n) is 11.0. The molecule has 0 saturated carbocycles. The summed E-state index contributed by atoms with van der Waals surface area (Å²) in [5.41, 5.74) is 3.81. The Bertz CT molecular complexity index is 568.